The number of hydrogen-bond acceptors (Lipinski definition) is 7. The fourth-order valence-corrected chi connectivity index (χ4v) is 4.96. The van der Waals surface area contributed by atoms with Crippen molar-refractivity contribution in [3.05, 3.63) is 24.4 Å². The van der Waals surface area contributed by atoms with Crippen molar-refractivity contribution >= 4 is 16.5 Å². The van der Waals surface area contributed by atoms with E-state index in [9.17, 15) is 0 Å². The summed E-state index contributed by atoms with van der Waals surface area (Å²) in [5.74, 6) is 0.695. The van der Waals surface area contributed by atoms with Crippen LogP contribution in [0, 0.1) is 5.92 Å². The van der Waals surface area contributed by atoms with Crippen molar-refractivity contribution in [2.75, 3.05) is 37.8 Å². The molecule has 6 nitrogen and oxygen atoms in total. The number of hydrogen-bond donors (Lipinski definition) is 0. The standard InChI is InChI=1S/C16H19N5OS/c1-2-6-17-13(3-1)14-18-19-15(23-14)21-10-16(22-11-21)9-20-7-4-12(16)5-8-20/h1-3,6,12H,4-5,7-11H2/t16-/m1/s1. The summed E-state index contributed by atoms with van der Waals surface area (Å²) in [5, 5.41) is 10.5. The van der Waals surface area contributed by atoms with Gasteiger partial charge in [0.2, 0.25) is 5.13 Å². The number of aromatic nitrogens is 3. The highest BCUT2D eigenvalue weighted by molar-refractivity contribution is 7.18. The minimum absolute atomic E-state index is 0.00727. The highest BCUT2D eigenvalue weighted by Crippen LogP contribution is 2.43. The van der Waals surface area contributed by atoms with Crippen LogP contribution in [0.15, 0.2) is 24.4 Å². The Hall–Kier alpha value is -1.57. The van der Waals surface area contributed by atoms with Gasteiger partial charge in [-0.05, 0) is 44.0 Å². The van der Waals surface area contributed by atoms with Gasteiger partial charge in [0.05, 0.1) is 6.54 Å². The molecule has 2 bridgehead atoms. The van der Waals surface area contributed by atoms with Gasteiger partial charge in [0, 0.05) is 12.7 Å². The molecule has 0 amide bonds. The molecule has 2 aromatic rings. The number of pyridine rings is 1. The molecule has 6 rings (SSSR count). The number of nitrogens with zero attached hydrogens (tertiary/aromatic N) is 5. The topological polar surface area (TPSA) is 54.4 Å². The third-order valence-electron chi connectivity index (χ3n) is 5.36. The predicted octanol–water partition coefficient (Wildman–Crippen LogP) is 1.86. The lowest BCUT2D eigenvalue weighted by Gasteiger charge is -2.50. The van der Waals surface area contributed by atoms with Crippen LogP contribution in [0.2, 0.25) is 0 Å². The first-order valence-corrected chi connectivity index (χ1v) is 9.00. The zero-order valence-electron chi connectivity index (χ0n) is 12.9. The Morgan fingerprint density at radius 3 is 2.83 bits per heavy atom. The van der Waals surface area contributed by atoms with Gasteiger partial charge in [0.1, 0.15) is 18.0 Å². The summed E-state index contributed by atoms with van der Waals surface area (Å²) in [5.41, 5.74) is 0.891. The van der Waals surface area contributed by atoms with Crippen LogP contribution in [-0.2, 0) is 4.74 Å². The molecule has 2 aromatic heterocycles. The van der Waals surface area contributed by atoms with Gasteiger partial charge in [-0.15, -0.1) is 10.2 Å². The van der Waals surface area contributed by atoms with Gasteiger partial charge in [-0.2, -0.15) is 0 Å². The van der Waals surface area contributed by atoms with E-state index in [2.05, 4.69) is 25.0 Å². The van der Waals surface area contributed by atoms with Crippen molar-refractivity contribution in [1.29, 1.82) is 0 Å². The van der Waals surface area contributed by atoms with Crippen molar-refractivity contribution in [2.45, 2.75) is 18.4 Å². The molecule has 0 N–H and O–H groups in total. The Bertz CT molecular complexity index is 700. The number of rotatable bonds is 2. The van der Waals surface area contributed by atoms with Crippen molar-refractivity contribution in [3.63, 3.8) is 0 Å². The summed E-state index contributed by atoms with van der Waals surface area (Å²) < 4.78 is 6.30. The van der Waals surface area contributed by atoms with E-state index in [1.165, 1.54) is 25.9 Å². The molecule has 7 heteroatoms. The summed E-state index contributed by atoms with van der Waals surface area (Å²) in [6, 6.07) is 5.86. The van der Waals surface area contributed by atoms with Gasteiger partial charge in [-0.25, -0.2) is 0 Å². The molecule has 1 atom stereocenters. The van der Waals surface area contributed by atoms with Crippen molar-refractivity contribution in [3.8, 4) is 10.7 Å². The van der Waals surface area contributed by atoms with Crippen LogP contribution in [-0.4, -0.2) is 58.6 Å². The van der Waals surface area contributed by atoms with Crippen molar-refractivity contribution in [1.82, 2.24) is 20.1 Å². The van der Waals surface area contributed by atoms with E-state index in [4.69, 9.17) is 4.74 Å². The molecule has 0 aliphatic carbocycles. The number of piperidine rings is 3. The largest absolute Gasteiger partial charge is 0.351 e. The van der Waals surface area contributed by atoms with Crippen LogP contribution >= 0.6 is 11.3 Å². The van der Waals surface area contributed by atoms with Crippen LogP contribution < -0.4 is 4.90 Å². The second kappa shape index (κ2) is 5.22. The van der Waals surface area contributed by atoms with Crippen LogP contribution in [0.4, 0.5) is 5.13 Å². The third kappa shape index (κ3) is 2.26. The van der Waals surface area contributed by atoms with Crippen molar-refractivity contribution < 1.29 is 4.74 Å². The average Bonchev–Trinajstić information content (AvgIpc) is 3.25. The fraction of sp³-hybridized carbons (Fsp3) is 0.562. The molecular weight excluding hydrogens is 310 g/mol. The van der Waals surface area contributed by atoms with Gasteiger partial charge in [0.15, 0.2) is 5.01 Å². The fourth-order valence-electron chi connectivity index (χ4n) is 4.15. The second-order valence-corrected chi connectivity index (χ2v) is 7.65. The normalized spacial score (nSPS) is 32.8. The summed E-state index contributed by atoms with van der Waals surface area (Å²) in [4.78, 5) is 9.14. The summed E-state index contributed by atoms with van der Waals surface area (Å²) in [7, 11) is 0. The highest BCUT2D eigenvalue weighted by Gasteiger charge is 2.52. The molecule has 4 aliphatic heterocycles. The molecule has 0 saturated carbocycles. The maximum absolute atomic E-state index is 6.30. The van der Waals surface area contributed by atoms with E-state index in [0.717, 1.165) is 28.9 Å². The van der Waals surface area contributed by atoms with Gasteiger partial charge < -0.3 is 14.5 Å². The van der Waals surface area contributed by atoms with E-state index in [-0.39, 0.29) is 5.60 Å². The van der Waals surface area contributed by atoms with Crippen molar-refractivity contribution in [2.24, 2.45) is 5.92 Å². The average molecular weight is 329 g/mol. The number of fused-ring (bicyclic) bond motifs is 2. The molecule has 4 fully saturated rings. The SMILES string of the molecule is c1ccc(-c2nnc(N3CO[C@]4(CN5CCC4CC5)C3)s2)nc1. The zero-order chi connectivity index (χ0) is 15.3. The minimum atomic E-state index is 0.00727. The predicted molar refractivity (Wildman–Crippen MR) is 88.3 cm³/mol. The summed E-state index contributed by atoms with van der Waals surface area (Å²) in [6.07, 6.45) is 4.32. The molecule has 4 saturated heterocycles. The summed E-state index contributed by atoms with van der Waals surface area (Å²) >= 11 is 1.60. The lowest BCUT2D eigenvalue weighted by atomic mass is 9.75. The first kappa shape index (κ1) is 13.8. The monoisotopic (exact) mass is 329 g/mol. The van der Waals surface area contributed by atoms with Crippen LogP contribution in [0.25, 0.3) is 10.7 Å². The molecule has 0 unspecified atom stereocenters. The van der Waals surface area contributed by atoms with Crippen LogP contribution in [0.5, 0.6) is 0 Å². The highest BCUT2D eigenvalue weighted by atomic mass is 32.1. The second-order valence-electron chi connectivity index (χ2n) is 6.69. The van der Waals surface area contributed by atoms with Gasteiger partial charge in [-0.3, -0.25) is 4.98 Å². The Morgan fingerprint density at radius 1 is 1.17 bits per heavy atom. The van der Waals surface area contributed by atoms with Gasteiger partial charge in [0.25, 0.3) is 0 Å². The van der Waals surface area contributed by atoms with Crippen LogP contribution in [0.3, 0.4) is 0 Å². The Labute approximate surface area is 139 Å². The molecule has 120 valence electrons. The van der Waals surface area contributed by atoms with Gasteiger partial charge >= 0.3 is 0 Å². The lowest BCUT2D eigenvalue weighted by molar-refractivity contribution is -0.116. The third-order valence-corrected chi connectivity index (χ3v) is 6.36. The van der Waals surface area contributed by atoms with E-state index in [1.54, 1.807) is 17.5 Å². The van der Waals surface area contributed by atoms with E-state index < -0.39 is 0 Å². The van der Waals surface area contributed by atoms with Gasteiger partial charge in [-0.1, -0.05) is 17.4 Å². The maximum Gasteiger partial charge on any atom is 0.210 e. The number of ether oxygens (including phenoxy) is 1. The molecule has 1 spiro atoms. The summed E-state index contributed by atoms with van der Waals surface area (Å²) in [6.45, 7) is 5.10. The molecule has 6 heterocycles. The minimum Gasteiger partial charge on any atom is -0.351 e. The Balaban J connectivity index is 1.37. The molecule has 0 radical (unpaired) electrons. The van der Waals surface area contributed by atoms with E-state index in [1.807, 2.05) is 18.2 Å². The van der Waals surface area contributed by atoms with E-state index >= 15 is 0 Å². The lowest BCUT2D eigenvalue weighted by Crippen LogP contribution is -2.61. The van der Waals surface area contributed by atoms with Crippen LogP contribution in [0.1, 0.15) is 12.8 Å². The zero-order valence-corrected chi connectivity index (χ0v) is 13.7. The maximum atomic E-state index is 6.30. The van der Waals surface area contributed by atoms with E-state index in [0.29, 0.717) is 12.6 Å². The number of anilines is 1. The smallest absolute Gasteiger partial charge is 0.210 e. The first-order valence-electron chi connectivity index (χ1n) is 8.19. The Kier molecular flexibility index (Phi) is 3.14. The quantitative estimate of drug-likeness (QED) is 0.838. The molecule has 4 aliphatic rings. The molecular formula is C16H19N5OS. The molecule has 23 heavy (non-hydrogen) atoms. The Morgan fingerprint density at radius 2 is 2.09 bits per heavy atom. The molecule has 0 aromatic carbocycles. The first-order chi connectivity index (χ1) is 11.3.